The number of β-lactam (4-membered cyclic amide) rings is 1. The number of nitrogens with zero attached hydrogens (tertiary/aromatic N) is 5. The number of carbonyl (C=O) groups is 4. The normalized spacial score (nSPS) is 19.6. The number of carboxylic acid groups (broad SMARTS) is 2. The minimum Gasteiger partial charge on any atom is -0.481 e. The van der Waals surface area contributed by atoms with Crippen molar-refractivity contribution in [1.82, 2.24) is 24.6 Å². The zero-order valence-corrected chi connectivity index (χ0v) is 21.5. The molecule has 36 heavy (non-hydrogen) atoms. The van der Waals surface area contributed by atoms with Crippen LogP contribution >= 0.6 is 46.4 Å². The van der Waals surface area contributed by atoms with Crippen molar-refractivity contribution < 1.29 is 34.6 Å². The van der Waals surface area contributed by atoms with Crippen LogP contribution in [0.15, 0.2) is 20.8 Å². The first kappa shape index (κ1) is 25.9. The molecule has 0 saturated carbocycles. The molecule has 2 amide bonds. The van der Waals surface area contributed by atoms with Gasteiger partial charge >= 0.3 is 11.9 Å². The monoisotopic (exact) mass is 571 g/mol. The minimum absolute atomic E-state index is 0.0559. The maximum atomic E-state index is 12.8. The summed E-state index contributed by atoms with van der Waals surface area (Å²) in [4.78, 5) is 58.3. The van der Waals surface area contributed by atoms with E-state index in [4.69, 9.17) is 10.8 Å². The Morgan fingerprint density at radius 1 is 1.31 bits per heavy atom. The highest BCUT2D eigenvalue weighted by Crippen LogP contribution is 2.42. The fraction of sp³-hybridized carbons (Fsp3) is 0.333. The molecule has 2 aliphatic heterocycles. The molecule has 14 nitrogen and oxygen atoms in total. The molecule has 4 heterocycles. The number of nitrogens with two attached hydrogens (primary N) is 1. The third-order valence-electron chi connectivity index (χ3n) is 5.06. The van der Waals surface area contributed by atoms with E-state index in [1.807, 2.05) is 0 Å². The van der Waals surface area contributed by atoms with Gasteiger partial charge < -0.3 is 26.5 Å². The van der Waals surface area contributed by atoms with Crippen molar-refractivity contribution in [3.63, 3.8) is 0 Å². The predicted octanol–water partition coefficient (Wildman–Crippen LogP) is 0.222. The maximum Gasteiger partial charge on any atom is 0.352 e. The van der Waals surface area contributed by atoms with E-state index in [0.29, 0.717) is 20.5 Å². The molecule has 0 aliphatic carbocycles. The molecule has 6 N–H and O–H groups in total. The Bertz CT molecular complexity index is 1320. The Labute approximate surface area is 218 Å². The van der Waals surface area contributed by atoms with Crippen LogP contribution in [-0.2, 0) is 25.6 Å². The molecule has 1 fully saturated rings. The number of amides is 2. The molecule has 4 rings (SSSR count). The molecular formula is C18H17N7O7S4. The first-order valence-electron chi connectivity index (χ1n) is 9.94. The topological polar surface area (TPSA) is 221 Å². The molecule has 2 aliphatic rings. The number of fused-ring (bicyclic) bond motifs is 1. The van der Waals surface area contributed by atoms with Gasteiger partial charge in [-0.2, -0.15) is 9.36 Å². The molecule has 0 bridgehead atoms. The van der Waals surface area contributed by atoms with Crippen molar-refractivity contribution in [2.24, 2.45) is 5.16 Å². The number of aromatic nitrogens is 3. The molecule has 18 heteroatoms. The van der Waals surface area contributed by atoms with Crippen LogP contribution < -0.4 is 11.1 Å². The zero-order chi connectivity index (χ0) is 26.1. The standard InChI is InChI=1S/C18H17N7O7S4/c1-5-7(2-8(26)27)35-18(20-5)34-4-6-3-33-15-10(14(29)25(15)11(6)16(30)31)21-13(28)9(23-32)12-22-17(19)36-24-12/h10,15,32H,2-4H2,1H3,(H,21,28)(H,26,27)(H,30,31)(H2,19,22,24)/b23-9-/t10-,15-/m1/s1. The van der Waals surface area contributed by atoms with Gasteiger partial charge in [-0.15, -0.1) is 23.1 Å². The van der Waals surface area contributed by atoms with Gasteiger partial charge in [-0.3, -0.25) is 19.3 Å². The second-order valence-corrected chi connectivity index (χ2v) is 11.6. The molecule has 2 aromatic heterocycles. The molecule has 0 spiro atoms. The molecule has 0 aromatic carbocycles. The minimum atomic E-state index is -1.28. The number of carbonyl (C=O) groups excluding carboxylic acids is 2. The number of nitrogens with one attached hydrogen (secondary N) is 1. The van der Waals surface area contributed by atoms with Crippen LogP contribution in [0.4, 0.5) is 5.13 Å². The smallest absolute Gasteiger partial charge is 0.352 e. The number of hydrogen-bond acceptors (Lipinski definition) is 14. The summed E-state index contributed by atoms with van der Waals surface area (Å²) in [5.74, 6) is -3.47. The van der Waals surface area contributed by atoms with E-state index in [1.54, 1.807) is 6.92 Å². The average molecular weight is 572 g/mol. The fourth-order valence-electron chi connectivity index (χ4n) is 3.44. The van der Waals surface area contributed by atoms with Crippen LogP contribution in [-0.4, -0.2) is 87.0 Å². The van der Waals surface area contributed by atoms with E-state index in [9.17, 15) is 29.5 Å². The molecule has 1 saturated heterocycles. The number of aryl methyl sites for hydroxylation is 1. The SMILES string of the molecule is Cc1nc(SCC2=C(C(=O)O)N3C(=O)[C@@H](NC(=O)/C(=N\O)c4nsc(N)n4)[C@H]3SC2)sc1CC(=O)O. The van der Waals surface area contributed by atoms with E-state index in [0.717, 1.165) is 16.4 Å². The number of carboxylic acids is 2. The number of thiazole rings is 1. The highest BCUT2D eigenvalue weighted by atomic mass is 32.2. The quantitative estimate of drug-likeness (QED) is 0.0894. The number of hydrogen-bond donors (Lipinski definition) is 5. The Hall–Kier alpha value is -3.22. The number of rotatable bonds is 9. The van der Waals surface area contributed by atoms with Crippen LogP contribution in [0.5, 0.6) is 0 Å². The summed E-state index contributed by atoms with van der Waals surface area (Å²) in [5.41, 5.74) is 5.91. The van der Waals surface area contributed by atoms with Crippen LogP contribution in [0.25, 0.3) is 0 Å². The van der Waals surface area contributed by atoms with E-state index in [1.165, 1.54) is 34.9 Å². The second kappa shape index (κ2) is 10.4. The van der Waals surface area contributed by atoms with Crippen molar-refractivity contribution in [3.8, 4) is 0 Å². The number of thioether (sulfide) groups is 2. The van der Waals surface area contributed by atoms with Crippen molar-refractivity contribution in [2.45, 2.75) is 29.1 Å². The lowest BCUT2D eigenvalue weighted by molar-refractivity contribution is -0.150. The summed E-state index contributed by atoms with van der Waals surface area (Å²) < 4.78 is 4.40. The summed E-state index contributed by atoms with van der Waals surface area (Å²) in [6.07, 6.45) is -0.144. The molecule has 0 radical (unpaired) electrons. The largest absolute Gasteiger partial charge is 0.481 e. The van der Waals surface area contributed by atoms with Crippen molar-refractivity contribution in [1.29, 1.82) is 0 Å². The molecule has 2 aromatic rings. The van der Waals surface area contributed by atoms with Crippen LogP contribution in [0.3, 0.4) is 0 Å². The Morgan fingerprint density at radius 2 is 2.06 bits per heavy atom. The lowest BCUT2D eigenvalue weighted by Crippen LogP contribution is -2.71. The molecule has 2 atom stereocenters. The van der Waals surface area contributed by atoms with Crippen molar-refractivity contribution in [3.05, 3.63) is 27.7 Å². The first-order chi connectivity index (χ1) is 17.1. The zero-order valence-electron chi connectivity index (χ0n) is 18.2. The van der Waals surface area contributed by atoms with Gasteiger partial charge in [0.15, 0.2) is 9.47 Å². The van der Waals surface area contributed by atoms with Crippen LogP contribution in [0.2, 0.25) is 0 Å². The Morgan fingerprint density at radius 3 is 2.67 bits per heavy atom. The Kier molecular flexibility index (Phi) is 7.48. The lowest BCUT2D eigenvalue weighted by atomic mass is 10.0. The van der Waals surface area contributed by atoms with E-state index in [2.05, 4.69) is 24.8 Å². The third kappa shape index (κ3) is 5.01. The maximum absolute atomic E-state index is 12.8. The number of oxime groups is 1. The Balaban J connectivity index is 1.46. The van der Waals surface area contributed by atoms with Crippen molar-refractivity contribution >= 4 is 81.0 Å². The van der Waals surface area contributed by atoms with Gasteiger partial charge in [0.05, 0.1) is 12.1 Å². The molecular weight excluding hydrogens is 555 g/mol. The van der Waals surface area contributed by atoms with Gasteiger partial charge in [0.25, 0.3) is 11.8 Å². The predicted molar refractivity (Wildman–Crippen MR) is 131 cm³/mol. The number of nitrogen functional groups attached to an aromatic ring is 1. The van der Waals surface area contributed by atoms with E-state index >= 15 is 0 Å². The summed E-state index contributed by atoms with van der Waals surface area (Å²) in [6, 6.07) is -1.04. The highest BCUT2D eigenvalue weighted by Gasteiger charge is 2.54. The number of anilines is 1. The third-order valence-corrected chi connectivity index (χ3v) is 9.33. The highest BCUT2D eigenvalue weighted by molar-refractivity contribution is 8.01. The fourth-order valence-corrected chi connectivity index (χ4v) is 7.58. The van der Waals surface area contributed by atoms with Crippen molar-refractivity contribution in [2.75, 3.05) is 17.2 Å². The van der Waals surface area contributed by atoms with Gasteiger partial charge in [-0.05, 0) is 12.5 Å². The molecule has 0 unspecified atom stereocenters. The second-order valence-electron chi connectivity index (χ2n) is 7.37. The summed E-state index contributed by atoms with van der Waals surface area (Å²) in [6.45, 7) is 1.71. The average Bonchev–Trinajstić information content (AvgIpc) is 3.40. The van der Waals surface area contributed by atoms with E-state index < -0.39 is 40.9 Å². The van der Waals surface area contributed by atoms with Gasteiger partial charge in [0, 0.05) is 27.9 Å². The van der Waals surface area contributed by atoms with Crippen LogP contribution in [0, 0.1) is 6.92 Å². The van der Waals surface area contributed by atoms with Gasteiger partial charge in [-0.1, -0.05) is 16.9 Å². The molecule has 190 valence electrons. The van der Waals surface area contributed by atoms with E-state index in [-0.39, 0.29) is 34.6 Å². The number of aliphatic carboxylic acids is 2. The van der Waals surface area contributed by atoms with Gasteiger partial charge in [0.1, 0.15) is 17.1 Å². The van der Waals surface area contributed by atoms with Crippen LogP contribution in [0.1, 0.15) is 16.4 Å². The first-order valence-corrected chi connectivity index (χ1v) is 13.6. The summed E-state index contributed by atoms with van der Waals surface area (Å²) in [5, 5.41) is 32.8. The lowest BCUT2D eigenvalue weighted by Gasteiger charge is -2.49. The van der Waals surface area contributed by atoms with Gasteiger partial charge in [0.2, 0.25) is 11.5 Å². The van der Waals surface area contributed by atoms with Gasteiger partial charge in [-0.25, -0.2) is 9.78 Å². The summed E-state index contributed by atoms with van der Waals surface area (Å²) in [7, 11) is 0. The summed E-state index contributed by atoms with van der Waals surface area (Å²) >= 11 is 4.57.